The van der Waals surface area contributed by atoms with Crippen molar-refractivity contribution in [3.8, 4) is 0 Å². The maximum atomic E-state index is 12.8. The van der Waals surface area contributed by atoms with Crippen molar-refractivity contribution in [3.05, 3.63) is 56.7 Å². The van der Waals surface area contributed by atoms with E-state index in [2.05, 4.69) is 10.3 Å². The molecule has 150 valence electrons. The van der Waals surface area contributed by atoms with Crippen LogP contribution in [0.5, 0.6) is 0 Å². The van der Waals surface area contributed by atoms with Crippen LogP contribution in [0.2, 0.25) is 0 Å². The van der Waals surface area contributed by atoms with Crippen LogP contribution in [-0.4, -0.2) is 44.1 Å². The molecule has 2 heterocycles. The van der Waals surface area contributed by atoms with Crippen LogP contribution in [0.15, 0.2) is 39.9 Å². The molecule has 3 aromatic rings. The number of hydrogen-bond donors (Lipinski definition) is 2. The zero-order chi connectivity index (χ0) is 20.3. The van der Waals surface area contributed by atoms with Gasteiger partial charge in [0, 0.05) is 34.4 Å². The lowest BCUT2D eigenvalue weighted by molar-refractivity contribution is 0.158. The van der Waals surface area contributed by atoms with Gasteiger partial charge in [0.15, 0.2) is 11.2 Å². The van der Waals surface area contributed by atoms with Crippen molar-refractivity contribution in [1.29, 1.82) is 0 Å². The lowest BCUT2D eigenvalue weighted by Gasteiger charge is -2.15. The summed E-state index contributed by atoms with van der Waals surface area (Å²) in [5.74, 6) is 0.430. The second-order valence-electron chi connectivity index (χ2n) is 6.62. The molecular formula is C19H25N5O4. The first-order valence-electron chi connectivity index (χ1n) is 9.07. The lowest BCUT2D eigenvalue weighted by atomic mass is 10.1. The molecule has 0 aliphatic rings. The molecule has 0 saturated carbocycles. The minimum absolute atomic E-state index is 0.126. The molecule has 1 aromatic carbocycles. The SMILES string of the molecule is COCCCNc1nc2c(c(=O)n(C)c(=O)n2C)n1C[C@H](O)c1ccccc1. The van der Waals surface area contributed by atoms with Crippen molar-refractivity contribution < 1.29 is 9.84 Å². The molecule has 0 aliphatic carbocycles. The summed E-state index contributed by atoms with van der Waals surface area (Å²) >= 11 is 0. The van der Waals surface area contributed by atoms with Crippen molar-refractivity contribution in [1.82, 2.24) is 18.7 Å². The average molecular weight is 387 g/mol. The molecule has 0 radical (unpaired) electrons. The number of aromatic nitrogens is 4. The van der Waals surface area contributed by atoms with Crippen LogP contribution in [-0.2, 0) is 25.4 Å². The molecule has 0 aliphatic heterocycles. The largest absolute Gasteiger partial charge is 0.387 e. The summed E-state index contributed by atoms with van der Waals surface area (Å²) in [4.78, 5) is 29.5. The summed E-state index contributed by atoms with van der Waals surface area (Å²) in [6.45, 7) is 1.29. The van der Waals surface area contributed by atoms with Gasteiger partial charge in [0.1, 0.15) is 0 Å². The van der Waals surface area contributed by atoms with Gasteiger partial charge in [0.2, 0.25) is 5.95 Å². The quantitative estimate of drug-likeness (QED) is 0.549. The summed E-state index contributed by atoms with van der Waals surface area (Å²) in [5.41, 5.74) is 0.389. The minimum atomic E-state index is -0.833. The third-order valence-corrected chi connectivity index (χ3v) is 4.70. The number of imidazole rings is 1. The van der Waals surface area contributed by atoms with Crippen LogP contribution in [0.4, 0.5) is 5.95 Å². The smallest absolute Gasteiger partial charge is 0.332 e. The second-order valence-corrected chi connectivity index (χ2v) is 6.62. The molecule has 1 atom stereocenters. The minimum Gasteiger partial charge on any atom is -0.387 e. The molecule has 2 N–H and O–H groups in total. The maximum Gasteiger partial charge on any atom is 0.332 e. The predicted octanol–water partition coefficient (Wildman–Crippen LogP) is 0.616. The fraction of sp³-hybridized carbons (Fsp3) is 0.421. The number of rotatable bonds is 8. The highest BCUT2D eigenvalue weighted by molar-refractivity contribution is 5.74. The van der Waals surface area contributed by atoms with Crippen molar-refractivity contribution in [2.45, 2.75) is 19.1 Å². The number of benzene rings is 1. The number of hydrogen-bond acceptors (Lipinski definition) is 6. The number of aliphatic hydroxyl groups is 1. The molecule has 0 spiro atoms. The number of anilines is 1. The van der Waals surface area contributed by atoms with Gasteiger partial charge in [-0.3, -0.25) is 13.9 Å². The summed E-state index contributed by atoms with van der Waals surface area (Å²) < 4.78 is 9.08. The average Bonchev–Trinajstić information content (AvgIpc) is 3.07. The Labute approximate surface area is 161 Å². The van der Waals surface area contributed by atoms with Crippen molar-refractivity contribution in [2.75, 3.05) is 25.6 Å². The first-order valence-corrected chi connectivity index (χ1v) is 9.07. The Kier molecular flexibility index (Phi) is 5.96. The van der Waals surface area contributed by atoms with Gasteiger partial charge in [-0.15, -0.1) is 0 Å². The number of ether oxygens (including phenoxy) is 1. The normalized spacial score (nSPS) is 12.4. The molecular weight excluding hydrogens is 362 g/mol. The third-order valence-electron chi connectivity index (χ3n) is 4.70. The van der Waals surface area contributed by atoms with Crippen molar-refractivity contribution in [3.63, 3.8) is 0 Å². The molecule has 9 nitrogen and oxygen atoms in total. The summed E-state index contributed by atoms with van der Waals surface area (Å²) in [6, 6.07) is 9.21. The number of aliphatic hydroxyl groups excluding tert-OH is 1. The van der Waals surface area contributed by atoms with E-state index in [1.165, 1.54) is 11.6 Å². The predicted molar refractivity (Wildman–Crippen MR) is 107 cm³/mol. The Morgan fingerprint density at radius 2 is 1.89 bits per heavy atom. The molecule has 0 unspecified atom stereocenters. The van der Waals surface area contributed by atoms with Crippen LogP contribution in [0, 0.1) is 0 Å². The fourth-order valence-electron chi connectivity index (χ4n) is 3.13. The molecule has 2 aromatic heterocycles. The lowest BCUT2D eigenvalue weighted by Crippen LogP contribution is -2.37. The van der Waals surface area contributed by atoms with Crippen LogP contribution in [0.3, 0.4) is 0 Å². The van der Waals surface area contributed by atoms with Gasteiger partial charge >= 0.3 is 5.69 Å². The number of nitrogens with zero attached hydrogens (tertiary/aromatic N) is 4. The van der Waals surface area contributed by atoms with Gasteiger partial charge in [-0.2, -0.15) is 4.98 Å². The molecule has 9 heteroatoms. The Hall–Kier alpha value is -2.91. The first kappa shape index (κ1) is 19.8. The van der Waals surface area contributed by atoms with E-state index in [4.69, 9.17) is 4.74 Å². The summed E-state index contributed by atoms with van der Waals surface area (Å²) in [6.07, 6.45) is -0.0854. The van der Waals surface area contributed by atoms with Crippen LogP contribution in [0.25, 0.3) is 11.2 Å². The van der Waals surface area contributed by atoms with Crippen molar-refractivity contribution >= 4 is 17.1 Å². The van der Waals surface area contributed by atoms with E-state index in [0.717, 1.165) is 16.6 Å². The Morgan fingerprint density at radius 1 is 1.18 bits per heavy atom. The summed E-state index contributed by atoms with van der Waals surface area (Å²) in [7, 11) is 4.63. The molecule has 0 fully saturated rings. The number of nitrogens with one attached hydrogen (secondary N) is 1. The Bertz CT molecular complexity index is 1070. The van der Waals surface area contributed by atoms with Crippen LogP contribution in [0.1, 0.15) is 18.1 Å². The molecule has 28 heavy (non-hydrogen) atoms. The molecule has 0 bridgehead atoms. The van der Waals surface area contributed by atoms with Gasteiger partial charge in [-0.25, -0.2) is 4.79 Å². The molecule has 3 rings (SSSR count). The van der Waals surface area contributed by atoms with Crippen LogP contribution >= 0.6 is 0 Å². The Morgan fingerprint density at radius 3 is 2.57 bits per heavy atom. The van der Waals surface area contributed by atoms with Gasteiger partial charge in [-0.1, -0.05) is 30.3 Å². The number of fused-ring (bicyclic) bond motifs is 1. The van der Waals surface area contributed by atoms with E-state index in [-0.39, 0.29) is 17.7 Å². The number of aryl methyl sites for hydroxylation is 1. The maximum absolute atomic E-state index is 12.8. The standard InChI is InChI=1S/C19H25N5O4/c1-22-16-15(17(26)23(2)19(22)27)24(18(21-16)20-10-7-11-28-3)12-14(25)13-8-5-4-6-9-13/h4-6,8-9,14,25H,7,10-12H2,1-3H3,(H,20,21)/t14-/m0/s1. The van der Waals surface area contributed by atoms with Gasteiger partial charge in [0.25, 0.3) is 5.56 Å². The van der Waals surface area contributed by atoms with E-state index in [9.17, 15) is 14.7 Å². The van der Waals surface area contributed by atoms with Crippen molar-refractivity contribution in [2.24, 2.45) is 14.1 Å². The van der Waals surface area contributed by atoms with E-state index in [1.54, 1.807) is 18.7 Å². The van der Waals surface area contributed by atoms with E-state index >= 15 is 0 Å². The van der Waals surface area contributed by atoms with E-state index < -0.39 is 17.4 Å². The molecule has 0 amide bonds. The number of methoxy groups -OCH3 is 1. The zero-order valence-electron chi connectivity index (χ0n) is 16.3. The van der Waals surface area contributed by atoms with Gasteiger partial charge in [0.05, 0.1) is 12.6 Å². The fourth-order valence-corrected chi connectivity index (χ4v) is 3.13. The highest BCUT2D eigenvalue weighted by Gasteiger charge is 2.21. The highest BCUT2D eigenvalue weighted by Crippen LogP contribution is 2.21. The zero-order valence-corrected chi connectivity index (χ0v) is 16.3. The highest BCUT2D eigenvalue weighted by atomic mass is 16.5. The topological polar surface area (TPSA) is 103 Å². The Balaban J connectivity index is 2.08. The summed E-state index contributed by atoms with van der Waals surface area (Å²) in [5, 5.41) is 13.9. The van der Waals surface area contributed by atoms with E-state index in [1.807, 2.05) is 30.3 Å². The molecule has 0 saturated heterocycles. The second kappa shape index (κ2) is 8.41. The van der Waals surface area contributed by atoms with Gasteiger partial charge in [-0.05, 0) is 12.0 Å². The third kappa shape index (κ3) is 3.71. The first-order chi connectivity index (χ1) is 13.5. The van der Waals surface area contributed by atoms with Gasteiger partial charge < -0.3 is 19.7 Å². The van der Waals surface area contributed by atoms with E-state index in [0.29, 0.717) is 19.1 Å². The monoisotopic (exact) mass is 387 g/mol. The van der Waals surface area contributed by atoms with Crippen LogP contribution < -0.4 is 16.6 Å².